The summed E-state index contributed by atoms with van der Waals surface area (Å²) in [6.45, 7) is 8.56. The molecule has 0 saturated carbocycles. The van der Waals surface area contributed by atoms with Gasteiger partial charge in [0.1, 0.15) is 11.6 Å². The summed E-state index contributed by atoms with van der Waals surface area (Å²) in [6, 6.07) is 1.93. The number of hydrogen-bond donors (Lipinski definition) is 1. The van der Waals surface area contributed by atoms with E-state index in [0.717, 1.165) is 23.0 Å². The van der Waals surface area contributed by atoms with Gasteiger partial charge in [-0.15, -0.1) is 10.2 Å². The Balaban J connectivity index is 2.74. The summed E-state index contributed by atoms with van der Waals surface area (Å²) in [6.07, 6.45) is 0. The monoisotopic (exact) mass is 219 g/mol. The van der Waals surface area contributed by atoms with Crippen molar-refractivity contribution < 1.29 is 0 Å². The zero-order valence-electron chi connectivity index (χ0n) is 10.2. The predicted octanol–water partition coefficient (Wildman–Crippen LogP) is 0.977. The molecule has 0 aromatic carbocycles. The standard InChI is InChI=1S/C11H17N5/c1-7-5-9-14-15-10(11(3,4)6-12)16(9)8(2)13-7/h5H,6,12H2,1-4H3. The summed E-state index contributed by atoms with van der Waals surface area (Å²) in [7, 11) is 0. The smallest absolute Gasteiger partial charge is 0.164 e. The van der Waals surface area contributed by atoms with Crippen molar-refractivity contribution in [1.29, 1.82) is 0 Å². The number of rotatable bonds is 2. The average Bonchev–Trinajstić information content (AvgIpc) is 2.62. The lowest BCUT2D eigenvalue weighted by Gasteiger charge is -2.20. The molecule has 2 N–H and O–H groups in total. The van der Waals surface area contributed by atoms with Crippen LogP contribution in [0.25, 0.3) is 5.65 Å². The molecule has 2 heterocycles. The zero-order valence-corrected chi connectivity index (χ0v) is 10.2. The van der Waals surface area contributed by atoms with Gasteiger partial charge in [0.15, 0.2) is 5.65 Å². The first-order chi connectivity index (χ1) is 7.45. The van der Waals surface area contributed by atoms with Crippen LogP contribution in [0.5, 0.6) is 0 Å². The number of aryl methyl sites for hydroxylation is 2. The summed E-state index contributed by atoms with van der Waals surface area (Å²) < 4.78 is 1.97. The fourth-order valence-corrected chi connectivity index (χ4v) is 1.76. The first-order valence-electron chi connectivity index (χ1n) is 5.35. The van der Waals surface area contributed by atoms with Crippen LogP contribution in [0.2, 0.25) is 0 Å². The Hall–Kier alpha value is -1.49. The minimum absolute atomic E-state index is 0.193. The fraction of sp³-hybridized carbons (Fsp3) is 0.545. The Morgan fingerprint density at radius 3 is 2.62 bits per heavy atom. The Morgan fingerprint density at radius 1 is 1.31 bits per heavy atom. The number of hydrogen-bond acceptors (Lipinski definition) is 4. The topological polar surface area (TPSA) is 69.1 Å². The Bertz CT molecular complexity index is 526. The van der Waals surface area contributed by atoms with Gasteiger partial charge in [0.25, 0.3) is 0 Å². The van der Waals surface area contributed by atoms with Crippen LogP contribution >= 0.6 is 0 Å². The molecule has 0 fully saturated rings. The van der Waals surface area contributed by atoms with E-state index in [0.29, 0.717) is 6.54 Å². The van der Waals surface area contributed by atoms with Gasteiger partial charge < -0.3 is 5.73 Å². The van der Waals surface area contributed by atoms with Gasteiger partial charge in [-0.05, 0) is 13.8 Å². The van der Waals surface area contributed by atoms with Crippen molar-refractivity contribution in [2.45, 2.75) is 33.1 Å². The van der Waals surface area contributed by atoms with E-state index < -0.39 is 0 Å². The summed E-state index contributed by atoms with van der Waals surface area (Å²) in [5, 5.41) is 8.40. The van der Waals surface area contributed by atoms with Crippen molar-refractivity contribution >= 4 is 5.65 Å². The van der Waals surface area contributed by atoms with Crippen LogP contribution in [0.15, 0.2) is 6.07 Å². The highest BCUT2D eigenvalue weighted by molar-refractivity contribution is 5.41. The largest absolute Gasteiger partial charge is 0.329 e. The van der Waals surface area contributed by atoms with E-state index >= 15 is 0 Å². The van der Waals surface area contributed by atoms with Crippen LogP contribution < -0.4 is 5.73 Å². The second kappa shape index (κ2) is 3.52. The van der Waals surface area contributed by atoms with Crippen LogP contribution in [0, 0.1) is 13.8 Å². The minimum Gasteiger partial charge on any atom is -0.329 e. The van der Waals surface area contributed by atoms with Gasteiger partial charge in [0.2, 0.25) is 0 Å². The van der Waals surface area contributed by atoms with E-state index in [1.165, 1.54) is 0 Å². The van der Waals surface area contributed by atoms with E-state index in [9.17, 15) is 0 Å². The van der Waals surface area contributed by atoms with E-state index in [4.69, 9.17) is 5.73 Å². The second-order valence-electron chi connectivity index (χ2n) is 4.75. The van der Waals surface area contributed by atoms with E-state index in [1.807, 2.05) is 24.3 Å². The molecule has 0 aliphatic heterocycles. The van der Waals surface area contributed by atoms with Gasteiger partial charge in [-0.1, -0.05) is 13.8 Å². The summed E-state index contributed by atoms with van der Waals surface area (Å²) in [5.74, 6) is 1.77. The van der Waals surface area contributed by atoms with Gasteiger partial charge in [0.05, 0.1) is 0 Å². The first kappa shape index (κ1) is 11.0. The zero-order chi connectivity index (χ0) is 11.9. The van der Waals surface area contributed by atoms with Crippen LogP contribution in [0.4, 0.5) is 0 Å². The van der Waals surface area contributed by atoms with Crippen molar-refractivity contribution in [3.63, 3.8) is 0 Å². The third-order valence-corrected chi connectivity index (χ3v) is 2.80. The predicted molar refractivity (Wildman–Crippen MR) is 62.3 cm³/mol. The molecule has 16 heavy (non-hydrogen) atoms. The molecule has 5 nitrogen and oxygen atoms in total. The van der Waals surface area contributed by atoms with Crippen LogP contribution in [0.1, 0.15) is 31.2 Å². The molecule has 2 rings (SSSR count). The van der Waals surface area contributed by atoms with Crippen LogP contribution in [-0.4, -0.2) is 26.1 Å². The lowest BCUT2D eigenvalue weighted by molar-refractivity contribution is 0.494. The summed E-state index contributed by atoms with van der Waals surface area (Å²) in [4.78, 5) is 4.42. The minimum atomic E-state index is -0.193. The second-order valence-corrected chi connectivity index (χ2v) is 4.75. The number of aromatic nitrogens is 4. The molecule has 0 saturated heterocycles. The lowest BCUT2D eigenvalue weighted by atomic mass is 9.93. The van der Waals surface area contributed by atoms with Crippen molar-refractivity contribution in [3.05, 3.63) is 23.4 Å². The third kappa shape index (κ3) is 1.57. The maximum absolute atomic E-state index is 5.77. The molecule has 0 unspecified atom stereocenters. The molecular weight excluding hydrogens is 202 g/mol. The normalized spacial score (nSPS) is 12.3. The maximum Gasteiger partial charge on any atom is 0.164 e. The highest BCUT2D eigenvalue weighted by Crippen LogP contribution is 2.21. The van der Waals surface area contributed by atoms with E-state index in [-0.39, 0.29) is 5.41 Å². The quantitative estimate of drug-likeness (QED) is 0.817. The molecular formula is C11H17N5. The van der Waals surface area contributed by atoms with Gasteiger partial charge in [-0.2, -0.15) is 0 Å². The molecule has 5 heteroatoms. The van der Waals surface area contributed by atoms with Crippen molar-refractivity contribution in [1.82, 2.24) is 19.6 Å². The molecule has 0 atom stereocenters. The highest BCUT2D eigenvalue weighted by atomic mass is 15.3. The fourth-order valence-electron chi connectivity index (χ4n) is 1.76. The molecule has 0 bridgehead atoms. The maximum atomic E-state index is 5.77. The molecule has 0 aliphatic rings. The molecule has 2 aromatic rings. The molecule has 0 aliphatic carbocycles. The Morgan fingerprint density at radius 2 is 2.00 bits per heavy atom. The lowest BCUT2D eigenvalue weighted by Crippen LogP contribution is -2.31. The summed E-state index contributed by atoms with van der Waals surface area (Å²) >= 11 is 0. The first-order valence-corrected chi connectivity index (χ1v) is 5.35. The molecule has 0 spiro atoms. The van der Waals surface area contributed by atoms with Gasteiger partial charge in [-0.3, -0.25) is 4.40 Å². The van der Waals surface area contributed by atoms with E-state index in [2.05, 4.69) is 29.0 Å². The molecule has 0 amide bonds. The van der Waals surface area contributed by atoms with Crippen LogP contribution in [0.3, 0.4) is 0 Å². The van der Waals surface area contributed by atoms with Crippen molar-refractivity contribution in [3.8, 4) is 0 Å². The van der Waals surface area contributed by atoms with Crippen molar-refractivity contribution in [2.24, 2.45) is 5.73 Å². The molecule has 86 valence electrons. The number of nitrogens with two attached hydrogens (primary N) is 1. The molecule has 2 aromatic heterocycles. The highest BCUT2D eigenvalue weighted by Gasteiger charge is 2.25. The van der Waals surface area contributed by atoms with Gasteiger partial charge >= 0.3 is 0 Å². The SMILES string of the molecule is Cc1cc2nnc(C(C)(C)CN)n2c(C)n1. The Labute approximate surface area is 94.7 Å². The Kier molecular flexibility index (Phi) is 2.42. The van der Waals surface area contributed by atoms with Gasteiger partial charge in [0, 0.05) is 23.7 Å². The van der Waals surface area contributed by atoms with Gasteiger partial charge in [-0.25, -0.2) is 4.98 Å². The van der Waals surface area contributed by atoms with E-state index in [1.54, 1.807) is 0 Å². The summed E-state index contributed by atoms with van der Waals surface area (Å²) in [5.41, 5.74) is 7.36. The third-order valence-electron chi connectivity index (χ3n) is 2.80. The average molecular weight is 219 g/mol. The van der Waals surface area contributed by atoms with Crippen molar-refractivity contribution in [2.75, 3.05) is 6.54 Å². The number of fused-ring (bicyclic) bond motifs is 1. The number of nitrogens with zero attached hydrogens (tertiary/aromatic N) is 4. The van der Waals surface area contributed by atoms with Crippen LogP contribution in [-0.2, 0) is 5.41 Å². The molecule has 0 radical (unpaired) electrons.